The molecule has 2 rings (SSSR count). The number of hydrogen-bond acceptors (Lipinski definition) is 2. The fraction of sp³-hybridized carbons (Fsp3) is 0.471. The lowest BCUT2D eigenvalue weighted by molar-refractivity contribution is -0.119. The highest BCUT2D eigenvalue weighted by Crippen LogP contribution is 2.26. The van der Waals surface area contributed by atoms with E-state index in [0.29, 0.717) is 5.78 Å². The van der Waals surface area contributed by atoms with Crippen LogP contribution in [0.25, 0.3) is 6.08 Å². The third kappa shape index (κ3) is 4.19. The van der Waals surface area contributed by atoms with Gasteiger partial charge in [0.05, 0.1) is 0 Å². The molecule has 1 fully saturated rings. The summed E-state index contributed by atoms with van der Waals surface area (Å²) >= 11 is 5.90. The zero-order chi connectivity index (χ0) is 14.5. The number of benzene rings is 1. The maximum Gasteiger partial charge on any atom is 0.163 e. The van der Waals surface area contributed by atoms with Crippen molar-refractivity contribution in [3.63, 3.8) is 0 Å². The summed E-state index contributed by atoms with van der Waals surface area (Å²) in [5.74, 6) is 0.470. The Bertz CT molecular complexity index is 490. The van der Waals surface area contributed by atoms with E-state index in [4.69, 9.17) is 11.6 Å². The molecule has 1 saturated carbocycles. The Morgan fingerprint density at radius 3 is 2.60 bits per heavy atom. The summed E-state index contributed by atoms with van der Waals surface area (Å²) in [5, 5.41) is 0.727. The van der Waals surface area contributed by atoms with Gasteiger partial charge in [-0.05, 0) is 62.7 Å². The van der Waals surface area contributed by atoms with Gasteiger partial charge in [0.25, 0.3) is 0 Å². The molecule has 2 nitrogen and oxygen atoms in total. The first-order valence-corrected chi connectivity index (χ1v) is 7.59. The summed E-state index contributed by atoms with van der Waals surface area (Å²) < 4.78 is 0. The largest absolute Gasteiger partial charge is 0.309 e. The van der Waals surface area contributed by atoms with E-state index in [0.717, 1.165) is 48.4 Å². The Kier molecular flexibility index (Phi) is 5.38. The molecule has 3 heteroatoms. The van der Waals surface area contributed by atoms with Crippen molar-refractivity contribution in [2.24, 2.45) is 5.92 Å². The fourth-order valence-corrected chi connectivity index (χ4v) is 2.87. The van der Waals surface area contributed by atoms with Crippen LogP contribution in [-0.4, -0.2) is 31.3 Å². The predicted molar refractivity (Wildman–Crippen MR) is 84.9 cm³/mol. The maximum atomic E-state index is 12.6. The van der Waals surface area contributed by atoms with Crippen LogP contribution in [0.2, 0.25) is 5.02 Å². The van der Waals surface area contributed by atoms with Gasteiger partial charge in [0.2, 0.25) is 0 Å². The number of ketones is 1. The third-order valence-electron chi connectivity index (χ3n) is 3.73. The second-order valence-electron chi connectivity index (χ2n) is 5.79. The molecular formula is C17H22ClNO. The van der Waals surface area contributed by atoms with Crippen molar-refractivity contribution in [2.75, 3.05) is 20.6 Å². The molecule has 0 amide bonds. The molecule has 1 aromatic carbocycles. The number of rotatable bonds is 3. The first kappa shape index (κ1) is 15.3. The molecule has 1 aromatic rings. The zero-order valence-electron chi connectivity index (χ0n) is 12.2. The molecule has 1 unspecified atom stereocenters. The van der Waals surface area contributed by atoms with E-state index in [1.54, 1.807) is 0 Å². The molecule has 0 aliphatic heterocycles. The Labute approximate surface area is 126 Å². The van der Waals surface area contributed by atoms with Gasteiger partial charge in [-0.25, -0.2) is 0 Å². The molecule has 0 N–H and O–H groups in total. The van der Waals surface area contributed by atoms with Gasteiger partial charge in [0.15, 0.2) is 5.78 Å². The van der Waals surface area contributed by atoms with Crippen molar-refractivity contribution >= 4 is 23.5 Å². The second-order valence-corrected chi connectivity index (χ2v) is 6.23. The lowest BCUT2D eigenvalue weighted by atomic mass is 9.94. The molecule has 108 valence electrons. The SMILES string of the molecule is CN(C)CC1CCCC/C(=C/c2ccc(Cl)cc2)C1=O. The van der Waals surface area contributed by atoms with E-state index in [-0.39, 0.29) is 5.92 Å². The molecule has 20 heavy (non-hydrogen) atoms. The van der Waals surface area contributed by atoms with E-state index in [1.165, 1.54) is 0 Å². The van der Waals surface area contributed by atoms with Gasteiger partial charge in [-0.15, -0.1) is 0 Å². The molecule has 1 aliphatic carbocycles. The number of carbonyl (C=O) groups excluding carboxylic acids is 1. The van der Waals surface area contributed by atoms with Gasteiger partial charge in [0.1, 0.15) is 0 Å². The zero-order valence-corrected chi connectivity index (χ0v) is 13.0. The molecular weight excluding hydrogens is 270 g/mol. The van der Waals surface area contributed by atoms with Gasteiger partial charge in [0, 0.05) is 17.5 Å². The average molecular weight is 292 g/mol. The summed E-state index contributed by atoms with van der Waals surface area (Å²) in [5.41, 5.74) is 2.03. The molecule has 0 bridgehead atoms. The van der Waals surface area contributed by atoms with Gasteiger partial charge in [-0.1, -0.05) is 30.2 Å². The average Bonchev–Trinajstić information content (AvgIpc) is 2.56. The monoisotopic (exact) mass is 291 g/mol. The third-order valence-corrected chi connectivity index (χ3v) is 3.98. The van der Waals surface area contributed by atoms with Gasteiger partial charge >= 0.3 is 0 Å². The van der Waals surface area contributed by atoms with E-state index < -0.39 is 0 Å². The van der Waals surface area contributed by atoms with Crippen molar-refractivity contribution in [3.05, 3.63) is 40.4 Å². The first-order chi connectivity index (χ1) is 9.56. The van der Waals surface area contributed by atoms with Gasteiger partial charge < -0.3 is 4.90 Å². The number of nitrogens with zero attached hydrogens (tertiary/aromatic N) is 1. The van der Waals surface area contributed by atoms with E-state index in [9.17, 15) is 4.79 Å². The maximum absolute atomic E-state index is 12.6. The topological polar surface area (TPSA) is 20.3 Å². The quantitative estimate of drug-likeness (QED) is 0.619. The highest BCUT2D eigenvalue weighted by atomic mass is 35.5. The smallest absolute Gasteiger partial charge is 0.163 e. The summed E-state index contributed by atoms with van der Waals surface area (Å²) in [6.45, 7) is 0.844. The molecule has 0 heterocycles. The normalized spacial score (nSPS) is 22.3. The van der Waals surface area contributed by atoms with E-state index in [2.05, 4.69) is 4.90 Å². The van der Waals surface area contributed by atoms with Crippen LogP contribution >= 0.6 is 11.6 Å². The number of Topliss-reactive ketones (excluding diaryl/α,β-unsaturated/α-hetero) is 1. The standard InChI is InChI=1S/C17H22ClNO/c1-19(2)12-15-6-4-3-5-14(17(15)20)11-13-7-9-16(18)10-8-13/h7-11,15H,3-6,12H2,1-2H3/b14-11-. The lowest BCUT2D eigenvalue weighted by Crippen LogP contribution is -2.27. The predicted octanol–water partition coefficient (Wildman–Crippen LogP) is 4.04. The lowest BCUT2D eigenvalue weighted by Gasteiger charge is -2.18. The van der Waals surface area contributed by atoms with Crippen LogP contribution in [0, 0.1) is 5.92 Å². The number of carbonyl (C=O) groups is 1. The first-order valence-electron chi connectivity index (χ1n) is 7.21. The summed E-state index contributed by atoms with van der Waals surface area (Å²) in [4.78, 5) is 14.7. The number of hydrogen-bond donors (Lipinski definition) is 0. The van der Waals surface area contributed by atoms with Crippen molar-refractivity contribution < 1.29 is 4.79 Å². The Morgan fingerprint density at radius 2 is 1.95 bits per heavy atom. The highest BCUT2D eigenvalue weighted by Gasteiger charge is 2.24. The van der Waals surface area contributed by atoms with Crippen molar-refractivity contribution in [3.8, 4) is 0 Å². The summed E-state index contributed by atoms with van der Waals surface area (Å²) in [6.07, 6.45) is 6.18. The van der Waals surface area contributed by atoms with Gasteiger partial charge in [-0.2, -0.15) is 0 Å². The molecule has 0 radical (unpaired) electrons. The van der Waals surface area contributed by atoms with E-state index in [1.807, 2.05) is 44.4 Å². The number of halogens is 1. The minimum atomic E-state index is 0.144. The minimum Gasteiger partial charge on any atom is -0.309 e. The van der Waals surface area contributed by atoms with Crippen LogP contribution in [0.15, 0.2) is 29.8 Å². The van der Waals surface area contributed by atoms with Crippen LogP contribution in [0.4, 0.5) is 0 Å². The van der Waals surface area contributed by atoms with Crippen molar-refractivity contribution in [2.45, 2.75) is 25.7 Å². The molecule has 1 aliphatic rings. The summed E-state index contributed by atoms with van der Waals surface area (Å²) in [7, 11) is 4.06. The second kappa shape index (κ2) is 7.05. The van der Waals surface area contributed by atoms with Crippen LogP contribution in [0.3, 0.4) is 0 Å². The van der Waals surface area contributed by atoms with Crippen molar-refractivity contribution in [1.82, 2.24) is 4.90 Å². The van der Waals surface area contributed by atoms with Crippen LogP contribution < -0.4 is 0 Å². The van der Waals surface area contributed by atoms with Crippen molar-refractivity contribution in [1.29, 1.82) is 0 Å². The Morgan fingerprint density at radius 1 is 1.25 bits per heavy atom. The van der Waals surface area contributed by atoms with E-state index >= 15 is 0 Å². The number of allylic oxidation sites excluding steroid dienone is 1. The fourth-order valence-electron chi connectivity index (χ4n) is 2.74. The van der Waals surface area contributed by atoms with Crippen LogP contribution in [0.1, 0.15) is 31.2 Å². The highest BCUT2D eigenvalue weighted by molar-refractivity contribution is 6.30. The molecule has 0 spiro atoms. The molecule has 1 atom stereocenters. The Hall–Kier alpha value is -1.12. The molecule has 0 saturated heterocycles. The van der Waals surface area contributed by atoms with Crippen LogP contribution in [0.5, 0.6) is 0 Å². The van der Waals surface area contributed by atoms with Gasteiger partial charge in [-0.3, -0.25) is 4.79 Å². The summed E-state index contributed by atoms with van der Waals surface area (Å²) in [6, 6.07) is 7.67. The molecule has 0 aromatic heterocycles. The minimum absolute atomic E-state index is 0.144. The Balaban J connectivity index is 2.20. The van der Waals surface area contributed by atoms with Crippen LogP contribution in [-0.2, 0) is 4.79 Å².